The maximum atomic E-state index is 11.5. The molecule has 4 nitrogen and oxygen atoms in total. The average Bonchev–Trinajstić information content (AvgIpc) is 2.20. The van der Waals surface area contributed by atoms with Crippen molar-refractivity contribution >= 4 is 5.91 Å². The van der Waals surface area contributed by atoms with E-state index in [0.717, 1.165) is 25.8 Å². The summed E-state index contributed by atoms with van der Waals surface area (Å²) in [7, 11) is 1.82. The Morgan fingerprint density at radius 3 is 2.53 bits per heavy atom. The Kier molecular flexibility index (Phi) is 8.33. The van der Waals surface area contributed by atoms with Gasteiger partial charge in [-0.05, 0) is 19.3 Å². The fourth-order valence-electron chi connectivity index (χ4n) is 1.19. The Labute approximate surface area is 92.7 Å². The number of unbranched alkanes of at least 4 members (excludes halogenated alkanes) is 2. The van der Waals surface area contributed by atoms with E-state index < -0.39 is 0 Å². The van der Waals surface area contributed by atoms with Gasteiger partial charge in [-0.3, -0.25) is 4.79 Å². The van der Waals surface area contributed by atoms with Crippen molar-refractivity contribution in [1.82, 2.24) is 10.2 Å². The molecule has 0 aliphatic rings. The molecule has 0 spiro atoms. The van der Waals surface area contributed by atoms with E-state index in [9.17, 15) is 4.79 Å². The van der Waals surface area contributed by atoms with Crippen molar-refractivity contribution in [1.29, 1.82) is 0 Å². The first kappa shape index (κ1) is 14.4. The molecule has 4 heteroatoms. The number of carbonyl (C=O) groups is 1. The van der Waals surface area contributed by atoms with Crippen molar-refractivity contribution in [3.63, 3.8) is 0 Å². The monoisotopic (exact) mass is 216 g/mol. The van der Waals surface area contributed by atoms with Crippen molar-refractivity contribution in [3.05, 3.63) is 0 Å². The van der Waals surface area contributed by atoms with Gasteiger partial charge >= 0.3 is 0 Å². The Morgan fingerprint density at radius 2 is 2.00 bits per heavy atom. The normalized spacial score (nSPS) is 10.7. The Hall–Kier alpha value is -0.610. The van der Waals surface area contributed by atoms with Gasteiger partial charge in [-0.25, -0.2) is 0 Å². The van der Waals surface area contributed by atoms with Crippen molar-refractivity contribution in [3.8, 4) is 0 Å². The molecule has 0 aliphatic heterocycles. The van der Waals surface area contributed by atoms with E-state index in [1.807, 2.05) is 20.9 Å². The molecule has 15 heavy (non-hydrogen) atoms. The molecular weight excluding hydrogens is 192 g/mol. The number of amides is 1. The number of hydrogen-bond acceptors (Lipinski definition) is 3. The van der Waals surface area contributed by atoms with Gasteiger partial charge in [-0.15, -0.1) is 0 Å². The van der Waals surface area contributed by atoms with Gasteiger partial charge < -0.3 is 15.3 Å². The number of carbonyl (C=O) groups excluding carboxylic acids is 1. The van der Waals surface area contributed by atoms with Crippen molar-refractivity contribution < 1.29 is 9.90 Å². The highest BCUT2D eigenvalue weighted by molar-refractivity contribution is 5.77. The first-order valence-corrected chi connectivity index (χ1v) is 5.66. The molecule has 0 saturated heterocycles. The van der Waals surface area contributed by atoms with Crippen LogP contribution in [0.15, 0.2) is 0 Å². The minimum absolute atomic E-state index is 0.132. The zero-order valence-electron chi connectivity index (χ0n) is 10.1. The summed E-state index contributed by atoms with van der Waals surface area (Å²) < 4.78 is 0. The lowest BCUT2D eigenvalue weighted by atomic mass is 10.2. The fraction of sp³-hybridized carbons (Fsp3) is 0.909. The Morgan fingerprint density at radius 1 is 1.33 bits per heavy atom. The van der Waals surface area contributed by atoms with Gasteiger partial charge in [0.2, 0.25) is 5.91 Å². The minimum Gasteiger partial charge on any atom is -0.396 e. The van der Waals surface area contributed by atoms with Crippen LogP contribution in [0.5, 0.6) is 0 Å². The average molecular weight is 216 g/mol. The third-order valence-corrected chi connectivity index (χ3v) is 2.24. The van der Waals surface area contributed by atoms with Crippen molar-refractivity contribution in [2.24, 2.45) is 0 Å². The molecule has 0 saturated carbocycles. The van der Waals surface area contributed by atoms with Crippen LogP contribution in [-0.2, 0) is 4.79 Å². The molecule has 0 bridgehead atoms. The van der Waals surface area contributed by atoms with E-state index in [2.05, 4.69) is 5.32 Å². The molecule has 0 aromatic rings. The topological polar surface area (TPSA) is 52.6 Å². The summed E-state index contributed by atoms with van der Waals surface area (Å²) in [5.74, 6) is 0.132. The van der Waals surface area contributed by atoms with Crippen molar-refractivity contribution in [2.45, 2.75) is 39.2 Å². The molecule has 0 rings (SSSR count). The van der Waals surface area contributed by atoms with Crippen molar-refractivity contribution in [2.75, 3.05) is 26.7 Å². The van der Waals surface area contributed by atoms with E-state index in [1.54, 1.807) is 4.90 Å². The van der Waals surface area contributed by atoms with Gasteiger partial charge in [0, 0.05) is 26.2 Å². The van der Waals surface area contributed by atoms with E-state index in [1.165, 1.54) is 0 Å². The SMILES string of the molecule is CC(C)NCC(=O)N(C)CCCCCO. The predicted molar refractivity (Wildman–Crippen MR) is 61.7 cm³/mol. The summed E-state index contributed by atoms with van der Waals surface area (Å²) in [6, 6.07) is 0.344. The largest absolute Gasteiger partial charge is 0.396 e. The van der Waals surface area contributed by atoms with Gasteiger partial charge in [-0.1, -0.05) is 13.8 Å². The van der Waals surface area contributed by atoms with Crippen LogP contribution in [0.2, 0.25) is 0 Å². The maximum absolute atomic E-state index is 11.5. The smallest absolute Gasteiger partial charge is 0.236 e. The second-order valence-electron chi connectivity index (χ2n) is 4.14. The molecule has 0 aromatic carbocycles. The first-order chi connectivity index (χ1) is 7.07. The minimum atomic E-state index is 0.132. The number of hydrogen-bond donors (Lipinski definition) is 2. The molecule has 0 aliphatic carbocycles. The second-order valence-corrected chi connectivity index (χ2v) is 4.14. The molecule has 0 atom stereocenters. The van der Waals surface area contributed by atoms with Crippen LogP contribution in [-0.4, -0.2) is 48.7 Å². The number of nitrogens with zero attached hydrogens (tertiary/aromatic N) is 1. The van der Waals surface area contributed by atoms with E-state index >= 15 is 0 Å². The number of rotatable bonds is 8. The second kappa shape index (κ2) is 8.68. The zero-order chi connectivity index (χ0) is 11.7. The third-order valence-electron chi connectivity index (χ3n) is 2.24. The summed E-state index contributed by atoms with van der Waals surface area (Å²) in [6.45, 7) is 5.47. The standard InChI is InChI=1S/C11H24N2O2/c1-10(2)12-9-11(15)13(3)7-5-4-6-8-14/h10,12,14H,4-9H2,1-3H3. The number of aliphatic hydroxyl groups excluding tert-OH is 1. The van der Waals surface area contributed by atoms with Crippen LogP contribution in [0.25, 0.3) is 0 Å². The van der Waals surface area contributed by atoms with Crippen LogP contribution >= 0.6 is 0 Å². The van der Waals surface area contributed by atoms with E-state index in [-0.39, 0.29) is 12.5 Å². The van der Waals surface area contributed by atoms with Gasteiger partial charge in [0.1, 0.15) is 0 Å². The molecule has 0 radical (unpaired) electrons. The van der Waals surface area contributed by atoms with Gasteiger partial charge in [-0.2, -0.15) is 0 Å². The van der Waals surface area contributed by atoms with Gasteiger partial charge in [0.25, 0.3) is 0 Å². The summed E-state index contributed by atoms with van der Waals surface area (Å²) in [5, 5.41) is 11.7. The van der Waals surface area contributed by atoms with Crippen LogP contribution in [0.4, 0.5) is 0 Å². The zero-order valence-corrected chi connectivity index (χ0v) is 10.1. The molecule has 0 aromatic heterocycles. The third kappa shape index (κ3) is 8.39. The molecule has 90 valence electrons. The lowest BCUT2D eigenvalue weighted by Gasteiger charge is -2.18. The molecule has 2 N–H and O–H groups in total. The molecule has 0 heterocycles. The van der Waals surface area contributed by atoms with E-state index in [4.69, 9.17) is 5.11 Å². The summed E-state index contributed by atoms with van der Waals surface area (Å²) >= 11 is 0. The quantitative estimate of drug-likeness (QED) is 0.584. The summed E-state index contributed by atoms with van der Waals surface area (Å²) in [4.78, 5) is 13.3. The summed E-state index contributed by atoms with van der Waals surface area (Å²) in [6.07, 6.45) is 2.77. The highest BCUT2D eigenvalue weighted by atomic mass is 16.2. The van der Waals surface area contributed by atoms with Crippen LogP contribution in [0.1, 0.15) is 33.1 Å². The lowest BCUT2D eigenvalue weighted by molar-refractivity contribution is -0.129. The van der Waals surface area contributed by atoms with Gasteiger partial charge in [0.15, 0.2) is 0 Å². The maximum Gasteiger partial charge on any atom is 0.236 e. The predicted octanol–water partition coefficient (Wildman–Crippen LogP) is 0.605. The van der Waals surface area contributed by atoms with Crippen LogP contribution in [0, 0.1) is 0 Å². The fourth-order valence-corrected chi connectivity index (χ4v) is 1.19. The lowest BCUT2D eigenvalue weighted by Crippen LogP contribution is -2.38. The first-order valence-electron chi connectivity index (χ1n) is 5.66. The Balaban J connectivity index is 3.51. The molecular formula is C11H24N2O2. The highest BCUT2D eigenvalue weighted by Gasteiger charge is 2.07. The van der Waals surface area contributed by atoms with Gasteiger partial charge in [0.05, 0.1) is 6.54 Å². The number of likely N-dealkylation sites (N-methyl/N-ethyl adjacent to an activating group) is 1. The Bertz CT molecular complexity index is 172. The molecule has 0 unspecified atom stereocenters. The van der Waals surface area contributed by atoms with Crippen LogP contribution in [0.3, 0.4) is 0 Å². The highest BCUT2D eigenvalue weighted by Crippen LogP contribution is 1.96. The van der Waals surface area contributed by atoms with Crippen LogP contribution < -0.4 is 5.32 Å². The number of nitrogens with one attached hydrogen (secondary N) is 1. The molecule has 0 fully saturated rings. The molecule has 1 amide bonds. The summed E-state index contributed by atoms with van der Waals surface area (Å²) in [5.41, 5.74) is 0. The number of aliphatic hydroxyl groups is 1. The van der Waals surface area contributed by atoms with E-state index in [0.29, 0.717) is 12.6 Å².